The highest BCUT2D eigenvalue weighted by atomic mass is 32.1. The number of nitrogens with two attached hydrogens (primary N) is 1. The fourth-order valence-corrected chi connectivity index (χ4v) is 3.24. The van der Waals surface area contributed by atoms with Crippen LogP contribution in [-0.2, 0) is 0 Å². The van der Waals surface area contributed by atoms with Crippen LogP contribution in [0.2, 0.25) is 0 Å². The predicted molar refractivity (Wildman–Crippen MR) is 81.4 cm³/mol. The zero-order valence-electron chi connectivity index (χ0n) is 11.5. The van der Waals surface area contributed by atoms with E-state index in [0.29, 0.717) is 17.2 Å². The molecule has 1 aromatic carbocycles. The number of rotatable bonds is 1. The molecule has 3 nitrogen and oxygen atoms in total. The molecular formula is C15H14FN3S. The van der Waals surface area contributed by atoms with E-state index in [9.17, 15) is 4.39 Å². The van der Waals surface area contributed by atoms with Crippen molar-refractivity contribution < 1.29 is 4.39 Å². The molecule has 3 rings (SSSR count). The van der Waals surface area contributed by atoms with Crippen molar-refractivity contribution in [1.82, 2.24) is 9.97 Å². The number of hydrogen-bond donors (Lipinski definition) is 1. The Morgan fingerprint density at radius 1 is 1.15 bits per heavy atom. The summed E-state index contributed by atoms with van der Waals surface area (Å²) >= 11 is 1.56. The van der Waals surface area contributed by atoms with Crippen LogP contribution in [0.25, 0.3) is 21.6 Å². The summed E-state index contributed by atoms with van der Waals surface area (Å²) in [5.74, 6) is 0.425. The van der Waals surface area contributed by atoms with Gasteiger partial charge >= 0.3 is 0 Å². The second kappa shape index (κ2) is 4.52. The Labute approximate surface area is 120 Å². The van der Waals surface area contributed by atoms with E-state index in [1.54, 1.807) is 17.4 Å². The average Bonchev–Trinajstić information content (AvgIpc) is 2.65. The second-order valence-electron chi connectivity index (χ2n) is 4.88. The molecule has 20 heavy (non-hydrogen) atoms. The fourth-order valence-electron chi connectivity index (χ4n) is 2.20. The Kier molecular flexibility index (Phi) is 2.94. The molecule has 0 aliphatic heterocycles. The quantitative estimate of drug-likeness (QED) is 0.736. The van der Waals surface area contributed by atoms with Gasteiger partial charge in [-0.3, -0.25) is 0 Å². The van der Waals surface area contributed by atoms with Crippen LogP contribution in [0.3, 0.4) is 0 Å². The molecule has 3 aromatic rings. The molecule has 0 bridgehead atoms. The summed E-state index contributed by atoms with van der Waals surface area (Å²) in [4.78, 5) is 10.7. The van der Waals surface area contributed by atoms with Crippen LogP contribution in [0.4, 0.5) is 10.2 Å². The van der Waals surface area contributed by atoms with Crippen LogP contribution >= 0.6 is 11.3 Å². The molecule has 102 valence electrons. The Hall–Kier alpha value is -2.01. The van der Waals surface area contributed by atoms with Gasteiger partial charge in [0.2, 0.25) is 0 Å². The van der Waals surface area contributed by atoms with Gasteiger partial charge in [0.25, 0.3) is 0 Å². The molecule has 0 aliphatic carbocycles. The molecule has 2 heterocycles. The van der Waals surface area contributed by atoms with Gasteiger partial charge in [-0.15, -0.1) is 11.3 Å². The number of nitrogen functional groups attached to an aromatic ring is 1. The van der Waals surface area contributed by atoms with E-state index in [1.165, 1.54) is 6.07 Å². The molecule has 0 amide bonds. The number of fused-ring (bicyclic) bond motifs is 1. The average molecular weight is 287 g/mol. The number of nitrogens with zero attached hydrogens (tertiary/aromatic N) is 2. The van der Waals surface area contributed by atoms with Crippen LogP contribution in [-0.4, -0.2) is 9.97 Å². The summed E-state index contributed by atoms with van der Waals surface area (Å²) in [5.41, 5.74) is 8.36. The molecule has 5 heteroatoms. The zero-order valence-corrected chi connectivity index (χ0v) is 12.3. The standard InChI is InChI=1S/C15H14FN3S/c1-7-4-5-10(11(16)6-7)14-18-13(17)12-8(2)9(3)20-15(12)19-14/h4-6H,1-3H3,(H2,17,18,19). The van der Waals surface area contributed by atoms with Crippen molar-refractivity contribution in [2.45, 2.75) is 20.8 Å². The van der Waals surface area contributed by atoms with Crippen LogP contribution < -0.4 is 5.73 Å². The van der Waals surface area contributed by atoms with Gasteiger partial charge in [-0.1, -0.05) is 6.07 Å². The molecule has 0 saturated heterocycles. The van der Waals surface area contributed by atoms with Gasteiger partial charge in [0, 0.05) is 4.88 Å². The van der Waals surface area contributed by atoms with Crippen molar-refractivity contribution >= 4 is 27.4 Å². The molecule has 0 atom stereocenters. The summed E-state index contributed by atoms with van der Waals surface area (Å²) in [6.45, 7) is 5.87. The van der Waals surface area contributed by atoms with Crippen molar-refractivity contribution in [3.05, 3.63) is 40.0 Å². The van der Waals surface area contributed by atoms with Gasteiger partial charge in [-0.05, 0) is 44.0 Å². The van der Waals surface area contributed by atoms with E-state index < -0.39 is 0 Å². The van der Waals surface area contributed by atoms with E-state index in [1.807, 2.05) is 26.8 Å². The third-order valence-corrected chi connectivity index (χ3v) is 4.52. The number of thiophene rings is 1. The third-order valence-electron chi connectivity index (χ3n) is 3.42. The highest BCUT2D eigenvalue weighted by molar-refractivity contribution is 7.18. The third kappa shape index (κ3) is 1.94. The molecule has 0 saturated carbocycles. The molecule has 0 spiro atoms. The van der Waals surface area contributed by atoms with Crippen LogP contribution in [0.1, 0.15) is 16.0 Å². The van der Waals surface area contributed by atoms with Crippen molar-refractivity contribution in [2.24, 2.45) is 0 Å². The van der Waals surface area contributed by atoms with Gasteiger partial charge in [0.05, 0.1) is 10.9 Å². The second-order valence-corrected chi connectivity index (χ2v) is 6.08. The SMILES string of the molecule is Cc1ccc(-c2nc(N)c3c(C)c(C)sc3n2)c(F)c1. The molecule has 0 unspecified atom stereocenters. The lowest BCUT2D eigenvalue weighted by atomic mass is 10.1. The van der Waals surface area contributed by atoms with Gasteiger partial charge in [0.15, 0.2) is 5.82 Å². The van der Waals surface area contributed by atoms with Crippen LogP contribution in [0.5, 0.6) is 0 Å². The van der Waals surface area contributed by atoms with Gasteiger partial charge in [-0.25, -0.2) is 14.4 Å². The molecule has 2 N–H and O–H groups in total. The van der Waals surface area contributed by atoms with E-state index >= 15 is 0 Å². The summed E-state index contributed by atoms with van der Waals surface area (Å²) in [7, 11) is 0. The van der Waals surface area contributed by atoms with Crippen molar-refractivity contribution in [3.63, 3.8) is 0 Å². The monoisotopic (exact) mass is 287 g/mol. The van der Waals surface area contributed by atoms with Gasteiger partial charge < -0.3 is 5.73 Å². The first kappa shape index (κ1) is 13.0. The molecule has 0 fully saturated rings. The van der Waals surface area contributed by atoms with Crippen molar-refractivity contribution in [3.8, 4) is 11.4 Å². The van der Waals surface area contributed by atoms with Crippen LogP contribution in [0, 0.1) is 26.6 Å². The summed E-state index contributed by atoms with van der Waals surface area (Å²) in [5, 5.41) is 0.878. The number of hydrogen-bond acceptors (Lipinski definition) is 4. The van der Waals surface area contributed by atoms with Gasteiger partial charge in [0.1, 0.15) is 16.5 Å². The Balaban J connectivity index is 2.27. The molecular weight excluding hydrogens is 273 g/mol. The van der Waals surface area contributed by atoms with Crippen molar-refractivity contribution in [1.29, 1.82) is 0 Å². The van der Waals surface area contributed by atoms with Crippen LogP contribution in [0.15, 0.2) is 18.2 Å². The van der Waals surface area contributed by atoms with E-state index in [4.69, 9.17) is 5.73 Å². The van der Waals surface area contributed by atoms with E-state index in [2.05, 4.69) is 9.97 Å². The number of aryl methyl sites for hydroxylation is 3. The minimum Gasteiger partial charge on any atom is -0.383 e. The molecule has 0 aliphatic rings. The molecule has 0 radical (unpaired) electrons. The lowest BCUT2D eigenvalue weighted by Crippen LogP contribution is -1.98. The first-order valence-corrected chi connectivity index (χ1v) is 7.08. The normalized spacial score (nSPS) is 11.2. The van der Waals surface area contributed by atoms with Crippen molar-refractivity contribution in [2.75, 3.05) is 5.73 Å². The summed E-state index contributed by atoms with van der Waals surface area (Å²) in [6.07, 6.45) is 0. The Bertz CT molecular complexity index is 824. The maximum absolute atomic E-state index is 14.0. The fraction of sp³-hybridized carbons (Fsp3) is 0.200. The highest BCUT2D eigenvalue weighted by Crippen LogP contribution is 2.34. The maximum Gasteiger partial charge on any atom is 0.166 e. The Morgan fingerprint density at radius 2 is 1.90 bits per heavy atom. The summed E-state index contributed by atoms with van der Waals surface area (Å²) < 4.78 is 14.0. The van der Waals surface area contributed by atoms with Gasteiger partial charge in [-0.2, -0.15) is 0 Å². The predicted octanol–water partition coefficient (Wildman–Crippen LogP) is 4.00. The number of halogens is 1. The lowest BCUT2D eigenvalue weighted by Gasteiger charge is -2.05. The first-order chi connectivity index (χ1) is 9.47. The van der Waals surface area contributed by atoms with E-state index in [0.717, 1.165) is 26.2 Å². The van der Waals surface area contributed by atoms with E-state index in [-0.39, 0.29) is 5.82 Å². The number of anilines is 1. The topological polar surface area (TPSA) is 51.8 Å². The first-order valence-electron chi connectivity index (χ1n) is 6.27. The lowest BCUT2D eigenvalue weighted by molar-refractivity contribution is 0.629. The minimum absolute atomic E-state index is 0.325. The number of aromatic nitrogens is 2. The summed E-state index contributed by atoms with van der Waals surface area (Å²) in [6, 6.07) is 5.01. The minimum atomic E-state index is -0.325. The maximum atomic E-state index is 14.0. The Morgan fingerprint density at radius 3 is 2.60 bits per heavy atom. The smallest absolute Gasteiger partial charge is 0.166 e. The highest BCUT2D eigenvalue weighted by Gasteiger charge is 2.15. The number of benzene rings is 1. The largest absolute Gasteiger partial charge is 0.383 e. The molecule has 2 aromatic heterocycles. The zero-order chi connectivity index (χ0) is 14.4.